The van der Waals surface area contributed by atoms with E-state index in [9.17, 15) is 4.79 Å². The number of carbonyl (C=O) groups is 1. The second kappa shape index (κ2) is 9.36. The van der Waals surface area contributed by atoms with E-state index in [1.165, 1.54) is 0 Å². The predicted octanol–water partition coefficient (Wildman–Crippen LogP) is 1.40. The number of amides is 1. The molecule has 2 fully saturated rings. The summed E-state index contributed by atoms with van der Waals surface area (Å²) in [6.45, 7) is 3.81. The number of anilines is 2. The van der Waals surface area contributed by atoms with Gasteiger partial charge in [0.25, 0.3) is 0 Å². The Morgan fingerprint density at radius 3 is 2.63 bits per heavy atom. The third-order valence-corrected chi connectivity index (χ3v) is 6.09. The monoisotopic (exact) mass is 455 g/mol. The summed E-state index contributed by atoms with van der Waals surface area (Å²) in [5.41, 5.74) is 8.56. The molecule has 1 amide bonds. The first-order valence-corrected chi connectivity index (χ1v) is 9.98. The minimum Gasteiger partial charge on any atom is -0.364 e. The maximum absolute atomic E-state index is 12.3. The molecule has 3 aliphatic heterocycles. The van der Waals surface area contributed by atoms with Crippen LogP contribution in [0.4, 0.5) is 11.6 Å². The summed E-state index contributed by atoms with van der Waals surface area (Å²) in [5.74, 6) is 1.99. The lowest BCUT2D eigenvalue weighted by Crippen LogP contribution is -2.51. The molecule has 0 aliphatic carbocycles. The Hall–Kier alpha value is -2.10. The van der Waals surface area contributed by atoms with Gasteiger partial charge in [-0.2, -0.15) is 0 Å². The fourth-order valence-electron chi connectivity index (χ4n) is 4.53. The van der Waals surface area contributed by atoms with Crippen LogP contribution < -0.4 is 15.5 Å². The van der Waals surface area contributed by atoms with Gasteiger partial charge >= 0.3 is 0 Å². The number of hydrogen-bond donors (Lipinski definition) is 1. The van der Waals surface area contributed by atoms with Crippen molar-refractivity contribution in [3.8, 4) is 0 Å². The Bertz CT molecular complexity index is 880. The van der Waals surface area contributed by atoms with Crippen molar-refractivity contribution in [2.45, 2.75) is 44.3 Å². The second-order valence-electron chi connectivity index (χ2n) is 7.87. The number of fused-ring (bicyclic) bond motifs is 1. The van der Waals surface area contributed by atoms with Crippen molar-refractivity contribution in [2.24, 2.45) is 5.73 Å². The Morgan fingerprint density at radius 1 is 1.03 bits per heavy atom. The summed E-state index contributed by atoms with van der Waals surface area (Å²) in [4.78, 5) is 27.6. The first-order chi connectivity index (χ1) is 13.7. The highest BCUT2D eigenvalue weighted by Crippen LogP contribution is 2.27. The van der Waals surface area contributed by atoms with Gasteiger partial charge in [0, 0.05) is 63.2 Å². The highest BCUT2D eigenvalue weighted by Gasteiger charge is 2.38. The molecule has 2 atom stereocenters. The average molecular weight is 456 g/mol. The lowest BCUT2D eigenvalue weighted by molar-refractivity contribution is -0.135. The SMILES string of the molecule is Cl.Cl.N[C@@H]1CN(c2cc(N3CCc4nocc4C3)ncn2)C[C@@H]1N1CCCCC1=O. The number of nitrogens with two attached hydrogens (primary N) is 1. The number of piperidine rings is 1. The topological polar surface area (TPSA) is 105 Å². The van der Waals surface area contributed by atoms with E-state index in [-0.39, 0.29) is 42.8 Å². The van der Waals surface area contributed by atoms with Crippen molar-refractivity contribution in [3.63, 3.8) is 0 Å². The van der Waals surface area contributed by atoms with Crippen LogP contribution >= 0.6 is 24.8 Å². The fourth-order valence-corrected chi connectivity index (χ4v) is 4.53. The van der Waals surface area contributed by atoms with Gasteiger partial charge in [0.2, 0.25) is 5.91 Å². The molecule has 164 valence electrons. The van der Waals surface area contributed by atoms with E-state index < -0.39 is 0 Å². The summed E-state index contributed by atoms with van der Waals surface area (Å²) in [5, 5.41) is 4.04. The number of halogens is 2. The normalized spacial score (nSPS) is 23.6. The molecular formula is C19H27Cl2N7O2. The summed E-state index contributed by atoms with van der Waals surface area (Å²) >= 11 is 0. The van der Waals surface area contributed by atoms with E-state index in [1.807, 2.05) is 11.0 Å². The van der Waals surface area contributed by atoms with Crippen molar-refractivity contribution < 1.29 is 9.32 Å². The van der Waals surface area contributed by atoms with Gasteiger partial charge in [0.05, 0.1) is 11.7 Å². The molecule has 0 saturated carbocycles. The molecule has 0 aromatic carbocycles. The number of nitrogens with zero attached hydrogens (tertiary/aromatic N) is 6. The molecule has 5 heterocycles. The zero-order chi connectivity index (χ0) is 19.1. The van der Waals surface area contributed by atoms with Gasteiger partial charge in [-0.25, -0.2) is 9.97 Å². The zero-order valence-electron chi connectivity index (χ0n) is 16.6. The molecule has 5 rings (SSSR count). The van der Waals surface area contributed by atoms with Gasteiger partial charge in [-0.15, -0.1) is 24.8 Å². The van der Waals surface area contributed by atoms with E-state index >= 15 is 0 Å². The third-order valence-electron chi connectivity index (χ3n) is 6.09. The van der Waals surface area contributed by atoms with Gasteiger partial charge in [-0.1, -0.05) is 5.16 Å². The van der Waals surface area contributed by atoms with Crippen molar-refractivity contribution in [2.75, 3.05) is 36.0 Å². The molecule has 30 heavy (non-hydrogen) atoms. The Labute approximate surface area is 187 Å². The van der Waals surface area contributed by atoms with Crippen LogP contribution in [0.3, 0.4) is 0 Å². The minimum absolute atomic E-state index is 0. The maximum Gasteiger partial charge on any atom is 0.222 e. The predicted molar refractivity (Wildman–Crippen MR) is 117 cm³/mol. The maximum atomic E-state index is 12.3. The highest BCUT2D eigenvalue weighted by atomic mass is 35.5. The Morgan fingerprint density at radius 2 is 1.83 bits per heavy atom. The van der Waals surface area contributed by atoms with Gasteiger partial charge in [0.15, 0.2) is 0 Å². The molecule has 0 unspecified atom stereocenters. The molecule has 2 N–H and O–H groups in total. The number of likely N-dealkylation sites (tertiary alicyclic amines) is 1. The summed E-state index contributed by atoms with van der Waals surface area (Å²) in [6.07, 6.45) is 6.86. The Balaban J connectivity index is 0.00000128. The smallest absolute Gasteiger partial charge is 0.222 e. The van der Waals surface area contributed by atoms with Crippen LogP contribution in [0, 0.1) is 0 Å². The molecule has 2 aromatic rings. The quantitative estimate of drug-likeness (QED) is 0.739. The van der Waals surface area contributed by atoms with E-state index in [4.69, 9.17) is 10.3 Å². The largest absolute Gasteiger partial charge is 0.364 e. The lowest BCUT2D eigenvalue weighted by atomic mass is 10.1. The van der Waals surface area contributed by atoms with Crippen LogP contribution in [0.15, 0.2) is 23.2 Å². The lowest BCUT2D eigenvalue weighted by Gasteiger charge is -2.34. The van der Waals surface area contributed by atoms with E-state index in [1.54, 1.807) is 12.6 Å². The van der Waals surface area contributed by atoms with Crippen molar-refractivity contribution >= 4 is 42.4 Å². The first kappa shape index (κ1) is 22.6. The molecule has 0 radical (unpaired) electrons. The number of carbonyl (C=O) groups excluding carboxylic acids is 1. The molecule has 3 aliphatic rings. The molecule has 2 aromatic heterocycles. The van der Waals surface area contributed by atoms with E-state index in [0.717, 1.165) is 68.3 Å². The van der Waals surface area contributed by atoms with E-state index in [2.05, 4.69) is 24.9 Å². The number of aromatic nitrogens is 3. The van der Waals surface area contributed by atoms with Gasteiger partial charge in [0.1, 0.15) is 24.2 Å². The molecule has 2 saturated heterocycles. The van der Waals surface area contributed by atoms with Crippen LogP contribution in [-0.4, -0.2) is 64.2 Å². The third kappa shape index (κ3) is 4.19. The number of hydrogen-bond acceptors (Lipinski definition) is 8. The van der Waals surface area contributed by atoms with Crippen LogP contribution in [0.2, 0.25) is 0 Å². The van der Waals surface area contributed by atoms with Crippen LogP contribution in [-0.2, 0) is 17.8 Å². The molecule has 0 spiro atoms. The number of rotatable bonds is 3. The molecule has 11 heteroatoms. The molecular weight excluding hydrogens is 429 g/mol. The van der Waals surface area contributed by atoms with Gasteiger partial charge in [-0.3, -0.25) is 4.79 Å². The van der Waals surface area contributed by atoms with Crippen molar-refractivity contribution in [3.05, 3.63) is 29.9 Å². The molecule has 0 bridgehead atoms. The van der Waals surface area contributed by atoms with Crippen molar-refractivity contribution in [1.82, 2.24) is 20.0 Å². The van der Waals surface area contributed by atoms with Crippen molar-refractivity contribution in [1.29, 1.82) is 0 Å². The highest BCUT2D eigenvalue weighted by molar-refractivity contribution is 5.85. The summed E-state index contributed by atoms with van der Waals surface area (Å²) in [7, 11) is 0. The minimum atomic E-state index is -0.0602. The van der Waals surface area contributed by atoms with E-state index in [0.29, 0.717) is 13.0 Å². The molecule has 9 nitrogen and oxygen atoms in total. The second-order valence-corrected chi connectivity index (χ2v) is 7.87. The van der Waals surface area contributed by atoms with Gasteiger partial charge in [-0.05, 0) is 12.8 Å². The van der Waals surface area contributed by atoms with Crippen LogP contribution in [0.1, 0.15) is 30.5 Å². The average Bonchev–Trinajstić information content (AvgIpc) is 3.34. The van der Waals surface area contributed by atoms with Crippen LogP contribution in [0.5, 0.6) is 0 Å². The first-order valence-electron chi connectivity index (χ1n) is 9.98. The zero-order valence-corrected chi connectivity index (χ0v) is 18.3. The fraction of sp³-hybridized carbons (Fsp3) is 0.579. The Kier molecular flexibility index (Phi) is 7.05. The van der Waals surface area contributed by atoms with Crippen LogP contribution in [0.25, 0.3) is 0 Å². The van der Waals surface area contributed by atoms with Gasteiger partial charge < -0.3 is 25.0 Å². The summed E-state index contributed by atoms with van der Waals surface area (Å²) in [6, 6.07) is 2.02. The summed E-state index contributed by atoms with van der Waals surface area (Å²) < 4.78 is 5.08. The standard InChI is InChI=1S/C19H25N7O2.2ClH/c20-14-9-25(10-16(14)26-5-2-1-3-19(26)27)18-7-17(21-12-22-18)24-6-4-15-13(8-24)11-28-23-15;;/h7,11-12,14,16H,1-6,8-10,20H2;2*1H/t14-,16+;;/m1../s1.